The van der Waals surface area contributed by atoms with Gasteiger partial charge >= 0.3 is 0 Å². The Morgan fingerprint density at radius 2 is 2.12 bits per heavy atom. The van der Waals surface area contributed by atoms with Gasteiger partial charge in [-0.05, 0) is 30.9 Å². The van der Waals surface area contributed by atoms with E-state index < -0.39 is 0 Å². The van der Waals surface area contributed by atoms with Crippen molar-refractivity contribution in [1.82, 2.24) is 9.97 Å². The third-order valence-corrected chi connectivity index (χ3v) is 3.19. The zero-order chi connectivity index (χ0) is 11.7. The van der Waals surface area contributed by atoms with Crippen LogP contribution in [0, 0.1) is 5.92 Å². The lowest BCUT2D eigenvalue weighted by atomic mass is 10.2. The Labute approximate surface area is 99.7 Å². The van der Waals surface area contributed by atoms with Crippen molar-refractivity contribution in [3.8, 4) is 0 Å². The largest absolute Gasteiger partial charge is 0.391 e. The van der Waals surface area contributed by atoms with E-state index in [-0.39, 0.29) is 6.10 Å². The number of fused-ring (bicyclic) bond motifs is 1. The number of aliphatic hydroxyl groups excluding tert-OH is 1. The van der Waals surface area contributed by atoms with Crippen molar-refractivity contribution in [2.24, 2.45) is 5.92 Å². The van der Waals surface area contributed by atoms with Crippen molar-refractivity contribution < 1.29 is 5.11 Å². The van der Waals surface area contributed by atoms with E-state index >= 15 is 0 Å². The first-order valence-electron chi connectivity index (χ1n) is 5.96. The molecule has 0 amide bonds. The summed E-state index contributed by atoms with van der Waals surface area (Å²) in [6, 6.07) is 7.87. The van der Waals surface area contributed by atoms with Crippen LogP contribution in [0.25, 0.3) is 10.9 Å². The third kappa shape index (κ3) is 2.22. The highest BCUT2D eigenvalue weighted by Crippen LogP contribution is 2.32. The molecule has 3 rings (SSSR count). The van der Waals surface area contributed by atoms with E-state index in [0.717, 1.165) is 29.6 Å². The van der Waals surface area contributed by atoms with Gasteiger partial charge in [0.2, 0.25) is 0 Å². The summed E-state index contributed by atoms with van der Waals surface area (Å²) in [6.45, 7) is 0.561. The van der Waals surface area contributed by atoms with Crippen LogP contribution in [-0.4, -0.2) is 27.7 Å². The van der Waals surface area contributed by atoms with Crippen molar-refractivity contribution in [3.63, 3.8) is 0 Å². The molecule has 4 nitrogen and oxygen atoms in total. The van der Waals surface area contributed by atoms with Gasteiger partial charge in [0, 0.05) is 11.9 Å². The summed E-state index contributed by atoms with van der Waals surface area (Å²) in [5, 5.41) is 14.0. The molecule has 1 heterocycles. The molecule has 1 aliphatic carbocycles. The standard InChI is InChI=1S/C13H15N3O/c17-12(9-5-6-9)7-14-13-10-3-1-2-4-11(10)15-8-16-13/h1-4,8-9,12,17H,5-7H2,(H,14,15,16). The first-order valence-corrected chi connectivity index (χ1v) is 5.96. The minimum absolute atomic E-state index is 0.260. The Bertz CT molecular complexity index is 520. The summed E-state index contributed by atoms with van der Waals surface area (Å²) in [5.74, 6) is 1.28. The molecule has 0 bridgehead atoms. The molecule has 17 heavy (non-hydrogen) atoms. The van der Waals surface area contributed by atoms with Crippen LogP contribution in [0.1, 0.15) is 12.8 Å². The van der Waals surface area contributed by atoms with Gasteiger partial charge in [0.05, 0.1) is 11.6 Å². The molecule has 1 saturated carbocycles. The lowest BCUT2D eigenvalue weighted by molar-refractivity contribution is 0.164. The van der Waals surface area contributed by atoms with E-state index in [1.54, 1.807) is 6.33 Å². The van der Waals surface area contributed by atoms with Gasteiger partial charge in [0.15, 0.2) is 0 Å². The van der Waals surface area contributed by atoms with Crippen LogP contribution < -0.4 is 5.32 Å². The zero-order valence-corrected chi connectivity index (χ0v) is 9.50. The molecule has 1 atom stereocenters. The van der Waals surface area contributed by atoms with Crippen molar-refractivity contribution >= 4 is 16.7 Å². The summed E-state index contributed by atoms with van der Waals surface area (Å²) < 4.78 is 0. The van der Waals surface area contributed by atoms with E-state index in [0.29, 0.717) is 12.5 Å². The maximum Gasteiger partial charge on any atom is 0.137 e. The molecule has 0 saturated heterocycles. The van der Waals surface area contributed by atoms with Gasteiger partial charge in [-0.1, -0.05) is 12.1 Å². The highest BCUT2D eigenvalue weighted by Gasteiger charge is 2.29. The van der Waals surface area contributed by atoms with Crippen LogP contribution in [0.15, 0.2) is 30.6 Å². The fourth-order valence-corrected chi connectivity index (χ4v) is 1.99. The molecule has 2 aromatic rings. The monoisotopic (exact) mass is 229 g/mol. The van der Waals surface area contributed by atoms with Crippen LogP contribution in [0.2, 0.25) is 0 Å². The molecule has 1 aromatic heterocycles. The Morgan fingerprint density at radius 1 is 1.29 bits per heavy atom. The molecular formula is C13H15N3O. The lowest BCUT2D eigenvalue weighted by Gasteiger charge is -2.12. The maximum atomic E-state index is 9.82. The van der Waals surface area contributed by atoms with E-state index in [4.69, 9.17) is 0 Å². The molecule has 4 heteroatoms. The Hall–Kier alpha value is -1.68. The number of nitrogens with zero attached hydrogens (tertiary/aromatic N) is 2. The van der Waals surface area contributed by atoms with Crippen LogP contribution in [0.3, 0.4) is 0 Å². The number of benzene rings is 1. The first-order chi connectivity index (χ1) is 8.34. The summed E-state index contributed by atoms with van der Waals surface area (Å²) in [5.41, 5.74) is 0.922. The number of hydrogen-bond donors (Lipinski definition) is 2. The van der Waals surface area contributed by atoms with Crippen LogP contribution in [0.5, 0.6) is 0 Å². The fourth-order valence-electron chi connectivity index (χ4n) is 1.99. The second-order valence-electron chi connectivity index (χ2n) is 4.53. The van der Waals surface area contributed by atoms with E-state index in [1.165, 1.54) is 0 Å². The Kier molecular flexibility index (Phi) is 2.65. The van der Waals surface area contributed by atoms with E-state index in [2.05, 4.69) is 15.3 Å². The second-order valence-corrected chi connectivity index (χ2v) is 4.53. The van der Waals surface area contributed by atoms with Gasteiger partial charge in [0.1, 0.15) is 12.1 Å². The van der Waals surface area contributed by atoms with Crippen LogP contribution in [0.4, 0.5) is 5.82 Å². The van der Waals surface area contributed by atoms with Gasteiger partial charge < -0.3 is 10.4 Å². The molecule has 1 fully saturated rings. The predicted octanol–water partition coefficient (Wildman–Crippen LogP) is 1.81. The first kappa shape index (κ1) is 10.5. The molecule has 2 N–H and O–H groups in total. The SMILES string of the molecule is OC(CNc1ncnc2ccccc12)C1CC1. The fraction of sp³-hybridized carbons (Fsp3) is 0.385. The second kappa shape index (κ2) is 4.30. The molecule has 1 aliphatic rings. The van der Waals surface area contributed by atoms with Crippen LogP contribution >= 0.6 is 0 Å². The minimum atomic E-state index is -0.260. The van der Waals surface area contributed by atoms with E-state index in [1.807, 2.05) is 24.3 Å². The number of aliphatic hydroxyl groups is 1. The quantitative estimate of drug-likeness (QED) is 0.839. The number of rotatable bonds is 4. The van der Waals surface area contributed by atoms with Crippen LogP contribution in [-0.2, 0) is 0 Å². The predicted molar refractivity (Wildman–Crippen MR) is 66.8 cm³/mol. The third-order valence-electron chi connectivity index (χ3n) is 3.19. The molecule has 0 aliphatic heterocycles. The number of nitrogens with one attached hydrogen (secondary N) is 1. The average Bonchev–Trinajstić information content (AvgIpc) is 3.20. The highest BCUT2D eigenvalue weighted by molar-refractivity contribution is 5.88. The average molecular weight is 229 g/mol. The molecule has 1 aromatic carbocycles. The summed E-state index contributed by atoms with van der Waals surface area (Å²) in [6.07, 6.45) is 3.58. The normalized spacial score (nSPS) is 17.0. The van der Waals surface area contributed by atoms with Crippen molar-refractivity contribution in [2.75, 3.05) is 11.9 Å². The Morgan fingerprint density at radius 3 is 2.94 bits per heavy atom. The number of aromatic nitrogens is 2. The van der Waals surface area contributed by atoms with Gasteiger partial charge in [-0.2, -0.15) is 0 Å². The summed E-state index contributed by atoms with van der Waals surface area (Å²) in [7, 11) is 0. The number of para-hydroxylation sites is 1. The number of anilines is 1. The van der Waals surface area contributed by atoms with Crippen molar-refractivity contribution in [1.29, 1.82) is 0 Å². The van der Waals surface area contributed by atoms with Gasteiger partial charge in [-0.15, -0.1) is 0 Å². The summed E-state index contributed by atoms with van der Waals surface area (Å²) >= 11 is 0. The van der Waals surface area contributed by atoms with Gasteiger partial charge in [0.25, 0.3) is 0 Å². The van der Waals surface area contributed by atoms with E-state index in [9.17, 15) is 5.11 Å². The zero-order valence-electron chi connectivity index (χ0n) is 9.50. The Balaban J connectivity index is 1.79. The maximum absolute atomic E-state index is 9.82. The highest BCUT2D eigenvalue weighted by atomic mass is 16.3. The molecule has 88 valence electrons. The molecular weight excluding hydrogens is 214 g/mol. The smallest absolute Gasteiger partial charge is 0.137 e. The van der Waals surface area contributed by atoms with Gasteiger partial charge in [-0.3, -0.25) is 0 Å². The minimum Gasteiger partial charge on any atom is -0.391 e. The molecule has 1 unspecified atom stereocenters. The van der Waals surface area contributed by atoms with Gasteiger partial charge in [-0.25, -0.2) is 9.97 Å². The number of hydrogen-bond acceptors (Lipinski definition) is 4. The topological polar surface area (TPSA) is 58.0 Å². The lowest BCUT2D eigenvalue weighted by Crippen LogP contribution is -2.21. The molecule has 0 radical (unpaired) electrons. The van der Waals surface area contributed by atoms with Crippen molar-refractivity contribution in [2.45, 2.75) is 18.9 Å². The molecule has 0 spiro atoms. The van der Waals surface area contributed by atoms with Crippen molar-refractivity contribution in [3.05, 3.63) is 30.6 Å². The summed E-state index contributed by atoms with van der Waals surface area (Å²) in [4.78, 5) is 8.43.